The van der Waals surface area contributed by atoms with Gasteiger partial charge in [0.1, 0.15) is 12.1 Å². The Kier molecular flexibility index (Phi) is 12.2. The summed E-state index contributed by atoms with van der Waals surface area (Å²) in [5, 5.41) is 0. The van der Waals surface area contributed by atoms with Gasteiger partial charge in [-0.3, -0.25) is 4.79 Å². The Morgan fingerprint density at radius 2 is 1.50 bits per heavy atom. The minimum Gasteiger partial charge on any atom is -0.493 e. The number of methoxy groups -OCH3 is 5. The lowest BCUT2D eigenvalue weighted by molar-refractivity contribution is -0.162. The Balaban J connectivity index is 1.58. The quantitative estimate of drug-likeness (QED) is 0.179. The molecule has 0 bridgehead atoms. The van der Waals surface area contributed by atoms with Gasteiger partial charge in [0, 0.05) is 6.54 Å². The van der Waals surface area contributed by atoms with Crippen LogP contribution in [0.1, 0.15) is 73.3 Å². The molecule has 248 valence electrons. The van der Waals surface area contributed by atoms with Crippen LogP contribution < -0.4 is 23.7 Å². The number of esters is 1. The van der Waals surface area contributed by atoms with Crippen molar-refractivity contribution in [3.63, 3.8) is 0 Å². The number of benzene rings is 3. The van der Waals surface area contributed by atoms with E-state index in [0.717, 1.165) is 35.1 Å². The largest absolute Gasteiger partial charge is 0.493 e. The molecule has 0 spiro atoms. The molecule has 9 heteroatoms. The van der Waals surface area contributed by atoms with Gasteiger partial charge in [0.15, 0.2) is 23.0 Å². The van der Waals surface area contributed by atoms with E-state index in [1.54, 1.807) is 40.4 Å². The molecule has 1 saturated heterocycles. The third-order valence-electron chi connectivity index (χ3n) is 8.67. The van der Waals surface area contributed by atoms with Crippen molar-refractivity contribution < 1.29 is 38.0 Å². The highest BCUT2D eigenvalue weighted by Crippen LogP contribution is 2.41. The fourth-order valence-corrected chi connectivity index (χ4v) is 6.21. The number of hydrogen-bond acceptors (Lipinski definition) is 8. The summed E-state index contributed by atoms with van der Waals surface area (Å²) in [6.45, 7) is 4.47. The van der Waals surface area contributed by atoms with Crippen LogP contribution >= 0.6 is 0 Å². The number of hydrogen-bond donors (Lipinski definition) is 0. The Bertz CT molecular complexity index is 1460. The van der Waals surface area contributed by atoms with Gasteiger partial charge in [-0.05, 0) is 86.4 Å². The van der Waals surface area contributed by atoms with Gasteiger partial charge in [0.2, 0.25) is 11.7 Å². The van der Waals surface area contributed by atoms with Crippen LogP contribution in [0.3, 0.4) is 0 Å². The monoisotopic (exact) mass is 633 g/mol. The second-order valence-electron chi connectivity index (χ2n) is 11.5. The first-order valence-electron chi connectivity index (χ1n) is 15.9. The molecule has 3 atom stereocenters. The molecule has 0 aromatic heterocycles. The van der Waals surface area contributed by atoms with Crippen LogP contribution in [0.25, 0.3) is 0 Å². The number of piperidine rings is 1. The summed E-state index contributed by atoms with van der Waals surface area (Å²) in [6.07, 6.45) is 3.47. The van der Waals surface area contributed by atoms with Crippen LogP contribution in [-0.4, -0.2) is 64.9 Å². The molecular weight excluding hydrogens is 586 g/mol. The maximum absolute atomic E-state index is 14.2. The van der Waals surface area contributed by atoms with Gasteiger partial charge >= 0.3 is 5.97 Å². The van der Waals surface area contributed by atoms with Crippen molar-refractivity contribution in [1.29, 1.82) is 0 Å². The topological polar surface area (TPSA) is 92.8 Å². The minimum atomic E-state index is -0.675. The molecule has 3 aromatic rings. The Morgan fingerprint density at radius 1 is 0.804 bits per heavy atom. The second kappa shape index (κ2) is 16.2. The van der Waals surface area contributed by atoms with E-state index < -0.39 is 18.1 Å². The molecular formula is C37H47NO8. The first-order chi connectivity index (χ1) is 22.3. The molecule has 46 heavy (non-hydrogen) atoms. The van der Waals surface area contributed by atoms with Gasteiger partial charge < -0.3 is 33.3 Å². The molecule has 4 rings (SSSR count). The lowest BCUT2D eigenvalue weighted by Crippen LogP contribution is -2.50. The normalized spacial score (nSPS) is 15.8. The van der Waals surface area contributed by atoms with Crippen LogP contribution in [0.15, 0.2) is 54.6 Å². The van der Waals surface area contributed by atoms with E-state index in [0.29, 0.717) is 61.0 Å². The third kappa shape index (κ3) is 7.87. The average Bonchev–Trinajstić information content (AvgIpc) is 3.09. The van der Waals surface area contributed by atoms with Gasteiger partial charge in [-0.25, -0.2) is 4.79 Å². The highest BCUT2D eigenvalue weighted by Gasteiger charge is 2.38. The third-order valence-corrected chi connectivity index (χ3v) is 8.67. The summed E-state index contributed by atoms with van der Waals surface area (Å²) in [4.78, 5) is 29.9. The summed E-state index contributed by atoms with van der Waals surface area (Å²) in [5.74, 6) is 1.74. The maximum Gasteiger partial charge on any atom is 0.329 e. The van der Waals surface area contributed by atoms with E-state index in [1.807, 2.05) is 68.4 Å². The predicted octanol–water partition coefficient (Wildman–Crippen LogP) is 6.83. The van der Waals surface area contributed by atoms with Crippen molar-refractivity contribution in [1.82, 2.24) is 4.90 Å². The highest BCUT2D eigenvalue weighted by molar-refractivity contribution is 5.89. The van der Waals surface area contributed by atoms with E-state index in [2.05, 4.69) is 0 Å². The zero-order valence-corrected chi connectivity index (χ0v) is 28.1. The molecule has 0 radical (unpaired) electrons. The smallest absolute Gasteiger partial charge is 0.329 e. The number of ether oxygens (including phenoxy) is 6. The lowest BCUT2D eigenvalue weighted by atomic mass is 9.91. The van der Waals surface area contributed by atoms with Crippen molar-refractivity contribution >= 4 is 11.9 Å². The molecule has 1 aliphatic heterocycles. The van der Waals surface area contributed by atoms with E-state index in [9.17, 15) is 9.59 Å². The van der Waals surface area contributed by atoms with Gasteiger partial charge in [0.05, 0.1) is 41.5 Å². The molecule has 9 nitrogen and oxygen atoms in total. The van der Waals surface area contributed by atoms with E-state index in [4.69, 9.17) is 28.4 Å². The van der Waals surface area contributed by atoms with E-state index >= 15 is 0 Å². The summed E-state index contributed by atoms with van der Waals surface area (Å²) < 4.78 is 33.8. The molecule has 0 aliphatic carbocycles. The van der Waals surface area contributed by atoms with Crippen molar-refractivity contribution in [3.05, 3.63) is 76.9 Å². The average molecular weight is 634 g/mol. The number of aryl methyl sites for hydroxylation is 2. The Morgan fingerprint density at radius 3 is 2.11 bits per heavy atom. The first-order valence-corrected chi connectivity index (χ1v) is 15.9. The van der Waals surface area contributed by atoms with Crippen LogP contribution in [0.5, 0.6) is 28.7 Å². The molecule has 1 aliphatic rings. The number of amides is 1. The maximum atomic E-state index is 14.2. The zero-order chi connectivity index (χ0) is 33.2. The van der Waals surface area contributed by atoms with Crippen molar-refractivity contribution in [2.45, 2.75) is 70.4 Å². The molecule has 1 fully saturated rings. The fraction of sp³-hybridized carbons (Fsp3) is 0.459. The van der Waals surface area contributed by atoms with Gasteiger partial charge in [-0.1, -0.05) is 42.8 Å². The zero-order valence-electron chi connectivity index (χ0n) is 28.1. The Labute approximate surface area is 272 Å². The van der Waals surface area contributed by atoms with Crippen LogP contribution in [0.4, 0.5) is 0 Å². The second-order valence-corrected chi connectivity index (χ2v) is 11.5. The van der Waals surface area contributed by atoms with Gasteiger partial charge in [-0.2, -0.15) is 0 Å². The van der Waals surface area contributed by atoms with Crippen molar-refractivity contribution in [3.8, 4) is 28.7 Å². The lowest BCUT2D eigenvalue weighted by Gasteiger charge is -2.37. The summed E-state index contributed by atoms with van der Waals surface area (Å²) in [7, 11) is 7.87. The number of carbonyl (C=O) groups excluding carboxylic acids is 2. The van der Waals surface area contributed by atoms with Crippen molar-refractivity contribution in [2.75, 3.05) is 42.1 Å². The minimum absolute atomic E-state index is 0.115. The van der Waals surface area contributed by atoms with Crippen molar-refractivity contribution in [2.24, 2.45) is 0 Å². The van der Waals surface area contributed by atoms with E-state index in [-0.39, 0.29) is 11.9 Å². The molecule has 0 N–H and O–H groups in total. The molecule has 0 unspecified atom stereocenters. The highest BCUT2D eigenvalue weighted by atomic mass is 16.5. The molecule has 1 heterocycles. The molecule has 3 aromatic carbocycles. The predicted molar refractivity (Wildman–Crippen MR) is 176 cm³/mol. The van der Waals surface area contributed by atoms with Crippen LogP contribution in [-0.2, 0) is 20.7 Å². The van der Waals surface area contributed by atoms with Gasteiger partial charge in [0.25, 0.3) is 0 Å². The number of carbonyl (C=O) groups is 2. The molecule has 1 amide bonds. The van der Waals surface area contributed by atoms with E-state index in [1.165, 1.54) is 0 Å². The van der Waals surface area contributed by atoms with Crippen LogP contribution in [0, 0.1) is 6.92 Å². The Hall–Kier alpha value is -4.40. The SMILES string of the molecule is CC[C@H](C(=O)N1CCCC[C@H]1C(=O)O[C@H](CCc1ccc(OC)c(OC)c1)c1cccc(C)c1)c1cc(OC)c(OC)c(OC)c1. The first kappa shape index (κ1) is 34.5. The summed E-state index contributed by atoms with van der Waals surface area (Å²) >= 11 is 0. The number of likely N-dealkylation sites (tertiary alicyclic amines) is 1. The van der Waals surface area contributed by atoms with Gasteiger partial charge in [-0.15, -0.1) is 0 Å². The fourth-order valence-electron chi connectivity index (χ4n) is 6.21. The summed E-state index contributed by atoms with van der Waals surface area (Å²) in [6, 6.07) is 16.8. The summed E-state index contributed by atoms with van der Waals surface area (Å²) in [5.41, 5.74) is 3.78. The molecule has 0 saturated carbocycles. The standard InChI is InChI=1S/C37H47NO8/c1-8-28(27-22-33(43-5)35(45-7)34(23-27)44-6)36(39)38-19-10-9-14-29(38)37(40)46-30(26-13-11-12-24(2)20-26)17-15-25-16-18-31(41-3)32(21-25)42-4/h11-13,16,18,20-23,28-30H,8-10,14-15,17,19H2,1-7H3/t28-,29-,30+/m0/s1. The number of rotatable bonds is 14. The van der Waals surface area contributed by atoms with Crippen LogP contribution in [0.2, 0.25) is 0 Å². The number of nitrogens with zero attached hydrogens (tertiary/aromatic N) is 1.